The Labute approximate surface area is 121 Å². The molecule has 4 nitrogen and oxygen atoms in total. The molecule has 4 heteroatoms. The van der Waals surface area contributed by atoms with Gasteiger partial charge in [0.25, 0.3) is 0 Å². The van der Waals surface area contributed by atoms with Gasteiger partial charge in [-0.2, -0.15) is 0 Å². The average molecular weight is 275 g/mol. The number of anilines is 2. The molecule has 20 heavy (non-hydrogen) atoms. The van der Waals surface area contributed by atoms with Crippen LogP contribution in [0.4, 0.5) is 11.4 Å². The minimum absolute atomic E-state index is 0.0662. The van der Waals surface area contributed by atoms with Crippen molar-refractivity contribution in [1.29, 1.82) is 0 Å². The summed E-state index contributed by atoms with van der Waals surface area (Å²) in [7, 11) is 0. The quantitative estimate of drug-likeness (QED) is 0.831. The highest BCUT2D eigenvalue weighted by molar-refractivity contribution is 5.92. The van der Waals surface area contributed by atoms with E-state index in [1.807, 2.05) is 25.1 Å². The Bertz CT molecular complexity index is 473. The molecule has 1 aromatic rings. The molecule has 110 valence electrons. The summed E-state index contributed by atoms with van der Waals surface area (Å²) in [6.07, 6.45) is 4.35. The van der Waals surface area contributed by atoms with Crippen LogP contribution in [0.15, 0.2) is 18.2 Å². The summed E-state index contributed by atoms with van der Waals surface area (Å²) < 4.78 is 0. The van der Waals surface area contributed by atoms with Crippen molar-refractivity contribution in [2.45, 2.75) is 45.6 Å². The maximum atomic E-state index is 12.0. The summed E-state index contributed by atoms with van der Waals surface area (Å²) in [5, 5.41) is 2.96. The molecule has 1 aliphatic heterocycles. The Morgan fingerprint density at radius 1 is 1.45 bits per heavy atom. The highest BCUT2D eigenvalue weighted by Gasteiger charge is 2.18. The van der Waals surface area contributed by atoms with Gasteiger partial charge in [0.15, 0.2) is 0 Å². The van der Waals surface area contributed by atoms with Crippen LogP contribution in [-0.2, 0) is 4.79 Å². The third-order valence-electron chi connectivity index (χ3n) is 4.10. The number of hydrogen-bond acceptors (Lipinski definition) is 3. The first-order valence-electron chi connectivity index (χ1n) is 7.46. The standard InChI is InChI=1S/C16H25N3O/c1-12-6-7-14(17)11-15(12)18-16(20)8-10-19-9-4-3-5-13(19)2/h6-7,11,13H,3-5,8-10,17H2,1-2H3,(H,18,20). The van der Waals surface area contributed by atoms with Gasteiger partial charge in [0.2, 0.25) is 5.91 Å². The second-order valence-electron chi connectivity index (χ2n) is 5.75. The molecule has 3 N–H and O–H groups in total. The fourth-order valence-corrected chi connectivity index (χ4v) is 2.72. The van der Waals surface area contributed by atoms with E-state index in [1.54, 1.807) is 0 Å². The molecule has 1 amide bonds. The van der Waals surface area contributed by atoms with Gasteiger partial charge in [-0.05, 0) is 50.9 Å². The van der Waals surface area contributed by atoms with Crippen molar-refractivity contribution in [3.63, 3.8) is 0 Å². The third kappa shape index (κ3) is 3.97. The summed E-state index contributed by atoms with van der Waals surface area (Å²) in [6, 6.07) is 6.19. The summed E-state index contributed by atoms with van der Waals surface area (Å²) in [6.45, 7) is 6.18. The molecule has 1 unspecified atom stereocenters. The lowest BCUT2D eigenvalue weighted by molar-refractivity contribution is -0.116. The Kier molecular flexibility index (Phi) is 5.01. The Morgan fingerprint density at radius 3 is 3.00 bits per heavy atom. The molecule has 0 spiro atoms. The van der Waals surface area contributed by atoms with E-state index in [1.165, 1.54) is 19.3 Å². The molecule has 0 radical (unpaired) electrons. The monoisotopic (exact) mass is 275 g/mol. The van der Waals surface area contributed by atoms with Crippen LogP contribution in [0.25, 0.3) is 0 Å². The molecule has 1 aromatic carbocycles. The minimum atomic E-state index is 0.0662. The number of aryl methyl sites for hydroxylation is 1. The zero-order chi connectivity index (χ0) is 14.5. The van der Waals surface area contributed by atoms with Crippen molar-refractivity contribution in [2.24, 2.45) is 0 Å². The minimum Gasteiger partial charge on any atom is -0.399 e. The number of carbonyl (C=O) groups is 1. The normalized spacial score (nSPS) is 19.8. The molecule has 1 heterocycles. The summed E-state index contributed by atoms with van der Waals surface area (Å²) >= 11 is 0. The van der Waals surface area contributed by atoms with E-state index in [2.05, 4.69) is 17.1 Å². The molecule has 1 saturated heterocycles. The van der Waals surface area contributed by atoms with Gasteiger partial charge >= 0.3 is 0 Å². The zero-order valence-corrected chi connectivity index (χ0v) is 12.5. The molecule has 0 aromatic heterocycles. The summed E-state index contributed by atoms with van der Waals surface area (Å²) in [5.41, 5.74) is 8.29. The molecule has 1 atom stereocenters. The van der Waals surface area contributed by atoms with Crippen LogP contribution in [-0.4, -0.2) is 29.9 Å². The van der Waals surface area contributed by atoms with Crippen molar-refractivity contribution >= 4 is 17.3 Å². The van der Waals surface area contributed by atoms with Crippen molar-refractivity contribution in [3.8, 4) is 0 Å². The van der Waals surface area contributed by atoms with E-state index in [4.69, 9.17) is 5.73 Å². The predicted octanol–water partition coefficient (Wildman–Crippen LogP) is 2.78. The first kappa shape index (κ1) is 14.9. The van der Waals surface area contributed by atoms with Gasteiger partial charge in [-0.1, -0.05) is 12.5 Å². The van der Waals surface area contributed by atoms with Crippen LogP contribution < -0.4 is 11.1 Å². The first-order valence-corrected chi connectivity index (χ1v) is 7.46. The maximum Gasteiger partial charge on any atom is 0.225 e. The number of benzene rings is 1. The Morgan fingerprint density at radius 2 is 2.25 bits per heavy atom. The number of nitrogens with zero attached hydrogens (tertiary/aromatic N) is 1. The second kappa shape index (κ2) is 6.75. The number of carbonyl (C=O) groups excluding carboxylic acids is 1. The number of likely N-dealkylation sites (tertiary alicyclic amines) is 1. The highest BCUT2D eigenvalue weighted by Crippen LogP contribution is 2.19. The molecule has 0 saturated carbocycles. The van der Waals surface area contributed by atoms with E-state index in [0.717, 1.165) is 24.3 Å². The largest absolute Gasteiger partial charge is 0.399 e. The lowest BCUT2D eigenvalue weighted by atomic mass is 10.0. The fraction of sp³-hybridized carbons (Fsp3) is 0.562. The van der Waals surface area contributed by atoms with Gasteiger partial charge in [-0.15, -0.1) is 0 Å². The van der Waals surface area contributed by atoms with E-state index in [-0.39, 0.29) is 5.91 Å². The van der Waals surface area contributed by atoms with Crippen molar-refractivity contribution < 1.29 is 4.79 Å². The average Bonchev–Trinajstić information content (AvgIpc) is 2.42. The second-order valence-corrected chi connectivity index (χ2v) is 5.75. The van der Waals surface area contributed by atoms with E-state index < -0.39 is 0 Å². The van der Waals surface area contributed by atoms with Crippen LogP contribution in [0.2, 0.25) is 0 Å². The maximum absolute atomic E-state index is 12.0. The Hall–Kier alpha value is -1.55. The molecule has 0 bridgehead atoms. The number of nitrogen functional groups attached to an aromatic ring is 1. The SMILES string of the molecule is Cc1ccc(N)cc1NC(=O)CCN1CCCCC1C. The van der Waals surface area contributed by atoms with E-state index in [0.29, 0.717) is 18.2 Å². The Balaban J connectivity index is 1.84. The predicted molar refractivity (Wildman–Crippen MR) is 83.7 cm³/mol. The zero-order valence-electron chi connectivity index (χ0n) is 12.5. The number of nitrogens with two attached hydrogens (primary N) is 1. The van der Waals surface area contributed by atoms with Crippen LogP contribution in [0.1, 0.15) is 38.2 Å². The van der Waals surface area contributed by atoms with Gasteiger partial charge in [-0.3, -0.25) is 4.79 Å². The van der Waals surface area contributed by atoms with Crippen molar-refractivity contribution in [3.05, 3.63) is 23.8 Å². The molecule has 0 aliphatic carbocycles. The van der Waals surface area contributed by atoms with Crippen molar-refractivity contribution in [1.82, 2.24) is 4.90 Å². The van der Waals surface area contributed by atoms with Crippen LogP contribution in [0, 0.1) is 6.92 Å². The van der Waals surface area contributed by atoms with Gasteiger partial charge in [0.05, 0.1) is 0 Å². The summed E-state index contributed by atoms with van der Waals surface area (Å²) in [4.78, 5) is 14.5. The first-order chi connectivity index (χ1) is 9.56. The smallest absolute Gasteiger partial charge is 0.225 e. The number of amides is 1. The van der Waals surface area contributed by atoms with E-state index >= 15 is 0 Å². The molecule has 1 fully saturated rings. The van der Waals surface area contributed by atoms with Gasteiger partial charge in [0.1, 0.15) is 0 Å². The highest BCUT2D eigenvalue weighted by atomic mass is 16.1. The number of nitrogens with one attached hydrogen (secondary N) is 1. The fourth-order valence-electron chi connectivity index (χ4n) is 2.72. The van der Waals surface area contributed by atoms with Gasteiger partial charge in [-0.25, -0.2) is 0 Å². The molecule has 2 rings (SSSR count). The lowest BCUT2D eigenvalue weighted by Gasteiger charge is -2.33. The number of rotatable bonds is 4. The van der Waals surface area contributed by atoms with Gasteiger partial charge in [0, 0.05) is 30.4 Å². The topological polar surface area (TPSA) is 58.4 Å². The number of piperidine rings is 1. The number of hydrogen-bond donors (Lipinski definition) is 2. The van der Waals surface area contributed by atoms with Crippen LogP contribution >= 0.6 is 0 Å². The molecular formula is C16H25N3O. The van der Waals surface area contributed by atoms with E-state index in [9.17, 15) is 4.79 Å². The van der Waals surface area contributed by atoms with Gasteiger partial charge < -0.3 is 16.0 Å². The van der Waals surface area contributed by atoms with Crippen LogP contribution in [0.5, 0.6) is 0 Å². The third-order valence-corrected chi connectivity index (χ3v) is 4.10. The molecular weight excluding hydrogens is 250 g/mol. The summed E-state index contributed by atoms with van der Waals surface area (Å²) in [5.74, 6) is 0.0662. The lowest BCUT2D eigenvalue weighted by Crippen LogP contribution is -2.39. The molecule has 1 aliphatic rings. The van der Waals surface area contributed by atoms with Crippen LogP contribution in [0.3, 0.4) is 0 Å². The van der Waals surface area contributed by atoms with Crippen molar-refractivity contribution in [2.75, 3.05) is 24.1 Å².